The Bertz CT molecular complexity index is 557. The van der Waals surface area contributed by atoms with Crippen LogP contribution in [0.1, 0.15) is 19.3 Å². The van der Waals surface area contributed by atoms with Gasteiger partial charge in [-0.2, -0.15) is 0 Å². The number of anilines is 1. The molecule has 0 atom stereocenters. The number of nitrogens with one attached hydrogen (secondary N) is 1. The maximum absolute atomic E-state index is 12.2. The molecule has 0 saturated carbocycles. The van der Waals surface area contributed by atoms with Gasteiger partial charge in [-0.3, -0.25) is 0 Å². The third-order valence-electron chi connectivity index (χ3n) is 3.39. The molecule has 1 aliphatic rings. The topological polar surface area (TPSA) is 75.4 Å². The lowest BCUT2D eigenvalue weighted by molar-refractivity contribution is 0.334. The molecular formula is C13H20BrN3O2S. The molecule has 1 aromatic rings. The molecule has 5 nitrogen and oxygen atoms in total. The predicted molar refractivity (Wildman–Crippen MR) is 84.0 cm³/mol. The number of hydrogen-bond donors (Lipinski definition) is 2. The molecule has 0 unspecified atom stereocenters. The van der Waals surface area contributed by atoms with Gasteiger partial charge in [0, 0.05) is 16.7 Å². The molecule has 1 saturated heterocycles. The average Bonchev–Trinajstić information content (AvgIpc) is 2.87. The van der Waals surface area contributed by atoms with E-state index in [4.69, 9.17) is 5.73 Å². The Morgan fingerprint density at radius 1 is 1.30 bits per heavy atom. The van der Waals surface area contributed by atoms with Crippen molar-refractivity contribution in [3.63, 3.8) is 0 Å². The first-order chi connectivity index (χ1) is 9.49. The van der Waals surface area contributed by atoms with E-state index < -0.39 is 10.0 Å². The molecule has 0 spiro atoms. The van der Waals surface area contributed by atoms with Crippen LogP contribution >= 0.6 is 15.9 Å². The van der Waals surface area contributed by atoms with Crippen molar-refractivity contribution in [2.24, 2.45) is 0 Å². The molecule has 2 rings (SSSR count). The van der Waals surface area contributed by atoms with Crippen molar-refractivity contribution < 1.29 is 8.42 Å². The zero-order valence-corrected chi connectivity index (χ0v) is 13.7. The average molecular weight is 362 g/mol. The van der Waals surface area contributed by atoms with Gasteiger partial charge in [0.05, 0.1) is 4.90 Å². The van der Waals surface area contributed by atoms with Crippen molar-refractivity contribution in [1.82, 2.24) is 9.62 Å². The molecule has 112 valence electrons. The summed E-state index contributed by atoms with van der Waals surface area (Å²) in [6.45, 7) is 3.67. The van der Waals surface area contributed by atoms with E-state index in [1.807, 2.05) is 0 Å². The van der Waals surface area contributed by atoms with Crippen molar-refractivity contribution in [3.8, 4) is 0 Å². The Morgan fingerprint density at radius 3 is 2.65 bits per heavy atom. The van der Waals surface area contributed by atoms with Gasteiger partial charge in [0.15, 0.2) is 0 Å². The summed E-state index contributed by atoms with van der Waals surface area (Å²) >= 11 is 3.24. The van der Waals surface area contributed by atoms with Gasteiger partial charge in [-0.15, -0.1) is 0 Å². The Balaban J connectivity index is 1.87. The van der Waals surface area contributed by atoms with E-state index in [0.29, 0.717) is 16.7 Å². The van der Waals surface area contributed by atoms with Crippen LogP contribution in [0.15, 0.2) is 27.6 Å². The summed E-state index contributed by atoms with van der Waals surface area (Å²) in [7, 11) is -3.47. The van der Waals surface area contributed by atoms with Gasteiger partial charge >= 0.3 is 0 Å². The fraction of sp³-hybridized carbons (Fsp3) is 0.538. The fourth-order valence-corrected chi connectivity index (χ4v) is 4.50. The number of nitrogens with zero attached hydrogens (tertiary/aromatic N) is 1. The van der Waals surface area contributed by atoms with Crippen LogP contribution in [0.3, 0.4) is 0 Å². The maximum atomic E-state index is 12.2. The third kappa shape index (κ3) is 4.18. The second kappa shape index (κ2) is 6.89. The summed E-state index contributed by atoms with van der Waals surface area (Å²) in [6.07, 6.45) is 3.33. The largest absolute Gasteiger partial charge is 0.399 e. The van der Waals surface area contributed by atoms with E-state index >= 15 is 0 Å². The minimum atomic E-state index is -3.47. The van der Waals surface area contributed by atoms with Crippen LogP contribution < -0.4 is 10.5 Å². The second-order valence-corrected chi connectivity index (χ2v) is 7.58. The summed E-state index contributed by atoms with van der Waals surface area (Å²) in [5.74, 6) is 0. The molecule has 3 N–H and O–H groups in total. The number of hydrogen-bond acceptors (Lipinski definition) is 4. The van der Waals surface area contributed by atoms with Crippen LogP contribution in [0.4, 0.5) is 5.69 Å². The first-order valence-electron chi connectivity index (χ1n) is 6.76. The Labute approximate surface area is 128 Å². The van der Waals surface area contributed by atoms with Crippen molar-refractivity contribution in [2.45, 2.75) is 24.2 Å². The first-order valence-corrected chi connectivity index (χ1v) is 9.04. The molecule has 0 amide bonds. The van der Waals surface area contributed by atoms with Gasteiger partial charge in [0.25, 0.3) is 0 Å². The SMILES string of the molecule is Nc1ccc(S(=O)(=O)NCCCN2CCCC2)c(Br)c1. The highest BCUT2D eigenvalue weighted by atomic mass is 79.9. The van der Waals surface area contributed by atoms with Crippen molar-refractivity contribution >= 4 is 31.6 Å². The zero-order valence-electron chi connectivity index (χ0n) is 11.3. The normalized spacial score (nSPS) is 16.6. The van der Waals surface area contributed by atoms with Gasteiger partial charge in [-0.25, -0.2) is 13.1 Å². The molecule has 7 heteroatoms. The van der Waals surface area contributed by atoms with Gasteiger partial charge in [0.2, 0.25) is 10.0 Å². The molecule has 1 aromatic carbocycles. The van der Waals surface area contributed by atoms with E-state index in [-0.39, 0.29) is 4.90 Å². The quantitative estimate of drug-likeness (QED) is 0.598. The lowest BCUT2D eigenvalue weighted by Gasteiger charge is -2.14. The van der Waals surface area contributed by atoms with E-state index in [2.05, 4.69) is 25.6 Å². The molecule has 0 aliphatic carbocycles. The zero-order chi connectivity index (χ0) is 14.6. The molecule has 1 aliphatic heterocycles. The number of nitrogens with two attached hydrogens (primary N) is 1. The van der Waals surface area contributed by atoms with Crippen LogP contribution in [0.5, 0.6) is 0 Å². The number of likely N-dealkylation sites (tertiary alicyclic amines) is 1. The number of sulfonamides is 1. The summed E-state index contributed by atoms with van der Waals surface area (Å²) in [6, 6.07) is 4.70. The highest BCUT2D eigenvalue weighted by molar-refractivity contribution is 9.10. The number of halogens is 1. The second-order valence-electron chi connectivity index (χ2n) is 4.99. The number of benzene rings is 1. The molecule has 0 bridgehead atoms. The third-order valence-corrected chi connectivity index (χ3v) is 5.83. The van der Waals surface area contributed by atoms with Gasteiger partial charge in [0.1, 0.15) is 0 Å². The molecule has 1 heterocycles. The van der Waals surface area contributed by atoms with E-state index in [9.17, 15) is 8.42 Å². The van der Waals surface area contributed by atoms with Crippen LogP contribution in [0.2, 0.25) is 0 Å². The predicted octanol–water partition coefficient (Wildman–Crippen LogP) is 1.80. The standard InChI is InChI=1S/C13H20BrN3O2S/c14-12-10-11(15)4-5-13(12)20(18,19)16-6-3-9-17-7-1-2-8-17/h4-5,10,16H,1-3,6-9,15H2. The van der Waals surface area contributed by atoms with Crippen LogP contribution in [-0.4, -0.2) is 39.5 Å². The van der Waals surface area contributed by atoms with E-state index in [1.54, 1.807) is 12.1 Å². The van der Waals surface area contributed by atoms with Crippen LogP contribution in [0.25, 0.3) is 0 Å². The van der Waals surface area contributed by atoms with Gasteiger partial charge < -0.3 is 10.6 Å². The van der Waals surface area contributed by atoms with Crippen molar-refractivity contribution in [1.29, 1.82) is 0 Å². The molecule has 0 radical (unpaired) electrons. The minimum Gasteiger partial charge on any atom is -0.399 e. The number of rotatable bonds is 6. The maximum Gasteiger partial charge on any atom is 0.241 e. The molecule has 20 heavy (non-hydrogen) atoms. The Morgan fingerprint density at radius 2 is 2.00 bits per heavy atom. The Hall–Kier alpha value is -0.630. The van der Waals surface area contributed by atoms with Crippen molar-refractivity contribution in [2.75, 3.05) is 31.9 Å². The fourth-order valence-electron chi connectivity index (χ4n) is 2.33. The molecule has 1 fully saturated rings. The molecule has 0 aromatic heterocycles. The summed E-state index contributed by atoms with van der Waals surface area (Å²) in [5, 5.41) is 0. The number of nitrogen functional groups attached to an aromatic ring is 1. The highest BCUT2D eigenvalue weighted by Gasteiger charge is 2.17. The Kier molecular flexibility index (Phi) is 5.42. The lowest BCUT2D eigenvalue weighted by Crippen LogP contribution is -2.29. The lowest BCUT2D eigenvalue weighted by atomic mass is 10.3. The minimum absolute atomic E-state index is 0.230. The van der Waals surface area contributed by atoms with E-state index in [0.717, 1.165) is 26.1 Å². The van der Waals surface area contributed by atoms with Gasteiger partial charge in [-0.1, -0.05) is 0 Å². The first kappa shape index (κ1) is 15.8. The summed E-state index contributed by atoms with van der Waals surface area (Å²) in [5.41, 5.74) is 6.14. The van der Waals surface area contributed by atoms with Crippen molar-refractivity contribution in [3.05, 3.63) is 22.7 Å². The highest BCUT2D eigenvalue weighted by Crippen LogP contribution is 2.23. The van der Waals surface area contributed by atoms with Crippen LogP contribution in [-0.2, 0) is 10.0 Å². The smallest absolute Gasteiger partial charge is 0.241 e. The van der Waals surface area contributed by atoms with E-state index in [1.165, 1.54) is 18.9 Å². The van der Waals surface area contributed by atoms with Gasteiger partial charge in [-0.05, 0) is 73.0 Å². The monoisotopic (exact) mass is 361 g/mol. The van der Waals surface area contributed by atoms with Crippen LogP contribution in [0, 0.1) is 0 Å². The summed E-state index contributed by atoms with van der Waals surface area (Å²) < 4.78 is 27.5. The summed E-state index contributed by atoms with van der Waals surface area (Å²) in [4.78, 5) is 2.60. The molecular weight excluding hydrogens is 342 g/mol.